The minimum Gasteiger partial charge on any atom is -0.494 e. The summed E-state index contributed by atoms with van der Waals surface area (Å²) in [6.45, 7) is 6.17. The number of rotatable bonds is 6. The molecular weight excluding hydrogens is 222 g/mol. The van der Waals surface area contributed by atoms with E-state index in [0.717, 1.165) is 18.9 Å². The molecule has 0 radical (unpaired) electrons. The molecule has 2 atom stereocenters. The third-order valence-corrected chi connectivity index (χ3v) is 3.77. The summed E-state index contributed by atoms with van der Waals surface area (Å²) in [6, 6.07) is 9.23. The van der Waals surface area contributed by atoms with Crippen LogP contribution in [-0.2, 0) is 0 Å². The maximum atomic E-state index is 5.75. The van der Waals surface area contributed by atoms with E-state index in [9.17, 15) is 0 Å². The van der Waals surface area contributed by atoms with Crippen LogP contribution < -0.4 is 10.1 Å². The minimum atomic E-state index is 0.669. The van der Waals surface area contributed by atoms with E-state index in [1.807, 2.05) is 0 Å². The van der Waals surface area contributed by atoms with Crippen molar-refractivity contribution in [1.29, 1.82) is 0 Å². The van der Waals surface area contributed by atoms with E-state index in [1.54, 1.807) is 0 Å². The van der Waals surface area contributed by atoms with Gasteiger partial charge in [0.2, 0.25) is 0 Å². The number of para-hydroxylation sites is 1. The Bertz CT molecular complexity index is 364. The fourth-order valence-corrected chi connectivity index (χ4v) is 2.90. The van der Waals surface area contributed by atoms with Crippen molar-refractivity contribution in [3.63, 3.8) is 0 Å². The predicted octanol–water partition coefficient (Wildman–Crippen LogP) is 3.72. The zero-order valence-electron chi connectivity index (χ0n) is 11.6. The summed E-state index contributed by atoms with van der Waals surface area (Å²) in [5.74, 6) is 1.75. The lowest BCUT2D eigenvalue weighted by Crippen LogP contribution is -2.26. The molecule has 2 unspecified atom stereocenters. The summed E-state index contributed by atoms with van der Waals surface area (Å²) < 4.78 is 5.75. The van der Waals surface area contributed by atoms with Gasteiger partial charge in [0.05, 0.1) is 6.61 Å². The first-order chi connectivity index (χ1) is 8.85. The van der Waals surface area contributed by atoms with Crippen molar-refractivity contribution in [3.8, 4) is 5.75 Å². The Hall–Kier alpha value is -1.02. The van der Waals surface area contributed by atoms with Crippen LogP contribution in [0.2, 0.25) is 0 Å². The molecule has 1 fully saturated rings. The van der Waals surface area contributed by atoms with E-state index in [2.05, 4.69) is 43.4 Å². The monoisotopic (exact) mass is 247 g/mol. The average molecular weight is 247 g/mol. The van der Waals surface area contributed by atoms with Gasteiger partial charge in [0, 0.05) is 6.04 Å². The Morgan fingerprint density at radius 1 is 1.22 bits per heavy atom. The maximum absolute atomic E-state index is 5.75. The lowest BCUT2D eigenvalue weighted by molar-refractivity contribution is 0.334. The van der Waals surface area contributed by atoms with Gasteiger partial charge in [-0.25, -0.2) is 0 Å². The number of benzene rings is 1. The third kappa shape index (κ3) is 3.26. The number of nitrogens with one attached hydrogen (secondary N) is 1. The maximum Gasteiger partial charge on any atom is 0.122 e. The molecule has 2 nitrogen and oxygen atoms in total. The second-order valence-corrected chi connectivity index (χ2v) is 5.13. The Labute approximate surface area is 111 Å². The van der Waals surface area contributed by atoms with Gasteiger partial charge in [0.1, 0.15) is 5.75 Å². The topological polar surface area (TPSA) is 21.3 Å². The van der Waals surface area contributed by atoms with E-state index in [4.69, 9.17) is 4.74 Å². The highest BCUT2D eigenvalue weighted by Gasteiger charge is 2.27. The van der Waals surface area contributed by atoms with Crippen LogP contribution in [0.4, 0.5) is 0 Å². The van der Waals surface area contributed by atoms with Gasteiger partial charge >= 0.3 is 0 Å². The molecule has 0 aliphatic heterocycles. The molecule has 0 aromatic heterocycles. The summed E-state index contributed by atoms with van der Waals surface area (Å²) in [5, 5.41) is 3.64. The molecule has 1 N–H and O–H groups in total. The summed E-state index contributed by atoms with van der Waals surface area (Å²) in [4.78, 5) is 0. The van der Waals surface area contributed by atoms with Crippen molar-refractivity contribution in [3.05, 3.63) is 29.8 Å². The van der Waals surface area contributed by atoms with Crippen molar-refractivity contribution >= 4 is 0 Å². The molecular formula is C16H25NO. The SMILES string of the molecule is CCCNC1CCC(c2ccccc2OCC)C1. The molecule has 2 heteroatoms. The predicted molar refractivity (Wildman–Crippen MR) is 76.3 cm³/mol. The van der Waals surface area contributed by atoms with Gasteiger partial charge in [0.25, 0.3) is 0 Å². The molecule has 1 aromatic carbocycles. The van der Waals surface area contributed by atoms with Gasteiger partial charge in [-0.2, -0.15) is 0 Å². The molecule has 0 saturated heterocycles. The standard InChI is InChI=1S/C16H25NO/c1-3-11-17-14-10-9-13(12-14)15-7-5-6-8-16(15)18-4-2/h5-8,13-14,17H,3-4,9-12H2,1-2H3. The van der Waals surface area contributed by atoms with Gasteiger partial charge in [0.15, 0.2) is 0 Å². The quantitative estimate of drug-likeness (QED) is 0.827. The lowest BCUT2D eigenvalue weighted by atomic mass is 9.96. The van der Waals surface area contributed by atoms with Gasteiger partial charge in [-0.05, 0) is 56.7 Å². The van der Waals surface area contributed by atoms with E-state index < -0.39 is 0 Å². The largest absolute Gasteiger partial charge is 0.494 e. The van der Waals surface area contributed by atoms with Crippen LogP contribution in [0, 0.1) is 0 Å². The second-order valence-electron chi connectivity index (χ2n) is 5.13. The molecule has 0 spiro atoms. The van der Waals surface area contributed by atoms with E-state index in [-0.39, 0.29) is 0 Å². The first kappa shape index (κ1) is 13.4. The Morgan fingerprint density at radius 2 is 2.06 bits per heavy atom. The molecule has 1 saturated carbocycles. The van der Waals surface area contributed by atoms with Crippen molar-refractivity contribution in [2.75, 3.05) is 13.2 Å². The molecule has 0 amide bonds. The molecule has 0 heterocycles. The van der Waals surface area contributed by atoms with Crippen molar-refractivity contribution in [2.24, 2.45) is 0 Å². The van der Waals surface area contributed by atoms with E-state index >= 15 is 0 Å². The highest BCUT2D eigenvalue weighted by atomic mass is 16.5. The first-order valence-corrected chi connectivity index (χ1v) is 7.30. The van der Waals surface area contributed by atoms with Crippen molar-refractivity contribution in [2.45, 2.75) is 51.5 Å². The highest BCUT2D eigenvalue weighted by Crippen LogP contribution is 2.38. The van der Waals surface area contributed by atoms with Gasteiger partial charge in [-0.15, -0.1) is 0 Å². The lowest BCUT2D eigenvalue weighted by Gasteiger charge is -2.16. The molecule has 1 aliphatic rings. The number of hydrogen-bond acceptors (Lipinski definition) is 2. The summed E-state index contributed by atoms with van der Waals surface area (Å²) in [6.07, 6.45) is 5.05. The van der Waals surface area contributed by atoms with Crippen LogP contribution in [0.1, 0.15) is 51.0 Å². The molecule has 0 bridgehead atoms. The first-order valence-electron chi connectivity index (χ1n) is 7.30. The van der Waals surface area contributed by atoms with Gasteiger partial charge in [-0.1, -0.05) is 25.1 Å². The summed E-state index contributed by atoms with van der Waals surface area (Å²) >= 11 is 0. The second kappa shape index (κ2) is 6.79. The highest BCUT2D eigenvalue weighted by molar-refractivity contribution is 5.37. The third-order valence-electron chi connectivity index (χ3n) is 3.77. The molecule has 18 heavy (non-hydrogen) atoms. The zero-order chi connectivity index (χ0) is 12.8. The van der Waals surface area contributed by atoms with Crippen LogP contribution in [0.25, 0.3) is 0 Å². The molecule has 1 aromatic rings. The normalized spacial score (nSPS) is 23.2. The molecule has 2 rings (SSSR count). The minimum absolute atomic E-state index is 0.669. The van der Waals surface area contributed by atoms with Crippen LogP contribution in [0.3, 0.4) is 0 Å². The summed E-state index contributed by atoms with van der Waals surface area (Å²) in [7, 11) is 0. The Kier molecular flexibility index (Phi) is 5.06. The smallest absolute Gasteiger partial charge is 0.122 e. The molecule has 100 valence electrons. The van der Waals surface area contributed by atoms with Gasteiger partial charge in [-0.3, -0.25) is 0 Å². The van der Waals surface area contributed by atoms with E-state index in [0.29, 0.717) is 12.0 Å². The Morgan fingerprint density at radius 3 is 2.83 bits per heavy atom. The Balaban J connectivity index is 2.00. The van der Waals surface area contributed by atoms with Crippen molar-refractivity contribution < 1.29 is 4.74 Å². The zero-order valence-corrected chi connectivity index (χ0v) is 11.6. The summed E-state index contributed by atoms with van der Waals surface area (Å²) in [5.41, 5.74) is 1.40. The van der Waals surface area contributed by atoms with E-state index in [1.165, 1.54) is 31.2 Å². The van der Waals surface area contributed by atoms with Gasteiger partial charge < -0.3 is 10.1 Å². The fourth-order valence-electron chi connectivity index (χ4n) is 2.90. The fraction of sp³-hybridized carbons (Fsp3) is 0.625. The molecule has 1 aliphatic carbocycles. The van der Waals surface area contributed by atoms with Crippen LogP contribution in [-0.4, -0.2) is 19.2 Å². The average Bonchev–Trinajstić information content (AvgIpc) is 2.86. The van der Waals surface area contributed by atoms with Crippen LogP contribution >= 0.6 is 0 Å². The number of hydrogen-bond donors (Lipinski definition) is 1. The van der Waals surface area contributed by atoms with Crippen molar-refractivity contribution in [1.82, 2.24) is 5.32 Å². The van der Waals surface area contributed by atoms with Crippen LogP contribution in [0.15, 0.2) is 24.3 Å². The number of ether oxygens (including phenoxy) is 1. The van der Waals surface area contributed by atoms with Crippen LogP contribution in [0.5, 0.6) is 5.75 Å².